The number of hydrogen-bond donors (Lipinski definition) is 0. The average Bonchev–Trinajstić information content (AvgIpc) is 3.86. The predicted molar refractivity (Wildman–Crippen MR) is 196 cm³/mol. The number of benzene rings is 1. The fourth-order valence-electron chi connectivity index (χ4n) is 8.64. The summed E-state index contributed by atoms with van der Waals surface area (Å²) in [6.07, 6.45) is 0.0819. The van der Waals surface area contributed by atoms with E-state index in [1.807, 2.05) is 13.0 Å². The molecule has 274 valence electrons. The monoisotopic (exact) mass is 741 g/mol. The number of nitriles is 1. The number of thiophene rings is 1. The summed E-state index contributed by atoms with van der Waals surface area (Å²) in [4.78, 5) is 17.4. The molecule has 1 unspecified atom stereocenters. The highest BCUT2D eigenvalue weighted by atomic mass is 32.2. The third-order valence-corrected chi connectivity index (χ3v) is 14.3. The van der Waals surface area contributed by atoms with E-state index < -0.39 is 22.4 Å². The maximum Gasteiger partial charge on any atom is 0.393 e. The van der Waals surface area contributed by atoms with E-state index >= 15 is 0 Å². The topological polar surface area (TPSA) is 98.4 Å². The van der Waals surface area contributed by atoms with Crippen LogP contribution in [-0.2, 0) is 35.8 Å². The number of nitrogens with zero attached hydrogens (tertiary/aromatic N) is 7. The zero-order chi connectivity index (χ0) is 36.3. The molecule has 3 saturated heterocycles. The van der Waals surface area contributed by atoms with Crippen LogP contribution in [0.4, 0.5) is 19.0 Å². The highest BCUT2D eigenvalue weighted by molar-refractivity contribution is 7.91. The van der Waals surface area contributed by atoms with Crippen LogP contribution in [0.2, 0.25) is 0 Å². The number of alkyl halides is 3. The van der Waals surface area contributed by atoms with Gasteiger partial charge in [0.2, 0.25) is 0 Å². The average molecular weight is 742 g/mol. The first kappa shape index (κ1) is 36.1. The molecular formula is C37H46F3N7O2S2. The third-order valence-electron chi connectivity index (χ3n) is 11.5. The van der Waals surface area contributed by atoms with Crippen LogP contribution in [0.5, 0.6) is 0 Å². The molecule has 0 saturated carbocycles. The molecule has 0 aliphatic carbocycles. The van der Waals surface area contributed by atoms with Gasteiger partial charge >= 0.3 is 6.18 Å². The summed E-state index contributed by atoms with van der Waals surface area (Å²) >= 11 is 1.12. The maximum atomic E-state index is 13.2. The van der Waals surface area contributed by atoms with Gasteiger partial charge in [-0.1, -0.05) is 13.0 Å². The molecule has 0 radical (unpaired) electrons. The van der Waals surface area contributed by atoms with Crippen LogP contribution in [0.1, 0.15) is 67.1 Å². The highest BCUT2D eigenvalue weighted by Gasteiger charge is 2.44. The zero-order valence-corrected chi connectivity index (χ0v) is 31.4. The zero-order valence-electron chi connectivity index (χ0n) is 29.8. The molecular weight excluding hydrogens is 696 g/mol. The molecule has 6 heterocycles. The number of fused-ring (bicyclic) bond motifs is 2. The first-order valence-corrected chi connectivity index (χ1v) is 20.7. The summed E-state index contributed by atoms with van der Waals surface area (Å²) in [6.45, 7) is 12.8. The van der Waals surface area contributed by atoms with Crippen molar-refractivity contribution in [3.05, 3.63) is 51.8 Å². The number of anilines is 1. The standard InChI is InChI=1S/C37H46F3N7O2S2/c1-5-33-42-34(31-17-28(18-37(38,39)40)50-35(31)43-33)46-15-11-36(23-46)10-14-44(22-36)21-26-6-7-32-30(25(26)3)16-27(19-41)47(32)20-24(2)45-12-8-29(9-13-45)51(4,48)49/h6-7,16-17,24,29H,5,8-15,18,20-23H2,1-4H3/t24-,36?/m0/s1. The van der Waals surface area contributed by atoms with Crippen LogP contribution < -0.4 is 4.90 Å². The lowest BCUT2D eigenvalue weighted by atomic mass is 9.86. The van der Waals surface area contributed by atoms with Gasteiger partial charge < -0.3 is 9.47 Å². The SMILES string of the molecule is CCc1nc(N2CCC3(CCN(Cc4ccc5c(cc(C#N)n5C[C@H](C)N5CCC(S(C)(=O)=O)CC5)c4C)C3)C2)c2cc(CC(F)(F)F)sc2n1. The minimum atomic E-state index is -4.27. The Hall–Kier alpha value is -3.25. The van der Waals surface area contributed by atoms with E-state index in [1.165, 1.54) is 17.4 Å². The first-order valence-electron chi connectivity index (χ1n) is 17.9. The molecule has 0 N–H and O–H groups in total. The van der Waals surface area contributed by atoms with Crippen molar-refractivity contribution in [2.24, 2.45) is 5.41 Å². The molecule has 51 heavy (non-hydrogen) atoms. The quantitative estimate of drug-likeness (QED) is 0.192. The number of aromatic nitrogens is 3. The molecule has 1 aromatic carbocycles. The van der Waals surface area contributed by atoms with Crippen molar-refractivity contribution in [3.63, 3.8) is 0 Å². The van der Waals surface area contributed by atoms with Gasteiger partial charge in [-0.25, -0.2) is 18.4 Å². The molecule has 7 rings (SSSR count). The van der Waals surface area contributed by atoms with E-state index in [1.54, 1.807) is 6.07 Å². The van der Waals surface area contributed by atoms with Gasteiger partial charge in [0.1, 0.15) is 38.1 Å². The Morgan fingerprint density at radius 1 is 1.08 bits per heavy atom. The van der Waals surface area contributed by atoms with Crippen LogP contribution >= 0.6 is 11.3 Å². The molecule has 14 heteroatoms. The molecule has 4 aromatic rings. The van der Waals surface area contributed by atoms with Crippen LogP contribution in [-0.4, -0.2) is 95.7 Å². The summed E-state index contributed by atoms with van der Waals surface area (Å²) in [5.74, 6) is 1.43. The van der Waals surface area contributed by atoms with Gasteiger partial charge in [-0.2, -0.15) is 18.4 Å². The Bertz CT molecular complexity index is 2100. The van der Waals surface area contributed by atoms with E-state index in [9.17, 15) is 26.9 Å². The number of halogens is 3. The molecule has 2 atom stereocenters. The second kappa shape index (κ2) is 13.6. The number of aryl methyl sites for hydroxylation is 2. The first-order chi connectivity index (χ1) is 24.1. The summed E-state index contributed by atoms with van der Waals surface area (Å²) in [5, 5.41) is 11.6. The third kappa shape index (κ3) is 7.36. The minimum absolute atomic E-state index is 0.0930. The molecule has 1 spiro atoms. The van der Waals surface area contributed by atoms with Crippen molar-refractivity contribution in [3.8, 4) is 6.07 Å². The van der Waals surface area contributed by atoms with Crippen LogP contribution in [0.25, 0.3) is 21.1 Å². The Kier molecular flexibility index (Phi) is 9.65. The number of hydrogen-bond acceptors (Lipinski definition) is 9. The van der Waals surface area contributed by atoms with Gasteiger partial charge in [0, 0.05) is 72.6 Å². The fourth-order valence-corrected chi connectivity index (χ4v) is 10.8. The van der Waals surface area contributed by atoms with Gasteiger partial charge in [0.05, 0.1) is 17.1 Å². The van der Waals surface area contributed by atoms with Crippen molar-refractivity contribution in [2.75, 3.05) is 50.4 Å². The minimum Gasteiger partial charge on any atom is -0.355 e. The Morgan fingerprint density at radius 2 is 1.82 bits per heavy atom. The van der Waals surface area contributed by atoms with Gasteiger partial charge in [-0.3, -0.25) is 9.80 Å². The molecule has 0 amide bonds. The Labute approximate surface area is 302 Å². The van der Waals surface area contributed by atoms with Crippen molar-refractivity contribution >= 4 is 48.1 Å². The van der Waals surface area contributed by atoms with E-state index in [2.05, 4.69) is 56.3 Å². The summed E-state index contributed by atoms with van der Waals surface area (Å²) in [5.41, 5.74) is 4.20. The van der Waals surface area contributed by atoms with Crippen molar-refractivity contribution in [1.29, 1.82) is 5.26 Å². The maximum absolute atomic E-state index is 13.2. The fraction of sp³-hybridized carbons (Fsp3) is 0.595. The van der Waals surface area contributed by atoms with Gasteiger partial charge in [0.25, 0.3) is 0 Å². The second-order valence-electron chi connectivity index (χ2n) is 15.1. The van der Waals surface area contributed by atoms with Gasteiger partial charge in [-0.15, -0.1) is 11.3 Å². The van der Waals surface area contributed by atoms with Gasteiger partial charge in [0.15, 0.2) is 0 Å². The summed E-state index contributed by atoms with van der Waals surface area (Å²) < 4.78 is 65.9. The van der Waals surface area contributed by atoms with Crippen LogP contribution in [0.15, 0.2) is 24.3 Å². The molecule has 3 fully saturated rings. The lowest BCUT2D eigenvalue weighted by molar-refractivity contribution is -0.126. The highest BCUT2D eigenvalue weighted by Crippen LogP contribution is 2.44. The molecule has 3 aliphatic rings. The van der Waals surface area contributed by atoms with E-state index in [4.69, 9.17) is 4.98 Å². The molecule has 3 aliphatic heterocycles. The van der Waals surface area contributed by atoms with Crippen molar-refractivity contribution < 1.29 is 21.6 Å². The summed E-state index contributed by atoms with van der Waals surface area (Å²) in [7, 11) is -3.03. The van der Waals surface area contributed by atoms with E-state index in [0.717, 1.165) is 92.1 Å². The number of piperidine rings is 1. The summed E-state index contributed by atoms with van der Waals surface area (Å²) in [6, 6.07) is 10.6. The van der Waals surface area contributed by atoms with E-state index in [0.29, 0.717) is 42.2 Å². The number of sulfone groups is 1. The Morgan fingerprint density at radius 3 is 2.51 bits per heavy atom. The molecule has 9 nitrogen and oxygen atoms in total. The van der Waals surface area contributed by atoms with Crippen LogP contribution in [0.3, 0.4) is 0 Å². The van der Waals surface area contributed by atoms with Crippen molar-refractivity contribution in [2.45, 2.75) is 89.9 Å². The largest absolute Gasteiger partial charge is 0.393 e. The molecule has 3 aromatic heterocycles. The smallest absolute Gasteiger partial charge is 0.355 e. The predicted octanol–water partition coefficient (Wildman–Crippen LogP) is 6.49. The lowest BCUT2D eigenvalue weighted by Crippen LogP contribution is -2.44. The Balaban J connectivity index is 1.04. The molecule has 0 bridgehead atoms. The normalized spacial score (nSPS) is 21.8. The number of rotatable bonds is 9. The van der Waals surface area contributed by atoms with Crippen LogP contribution in [0, 0.1) is 23.7 Å². The lowest BCUT2D eigenvalue weighted by Gasteiger charge is -2.35. The van der Waals surface area contributed by atoms with Gasteiger partial charge in [-0.05, 0) is 88.5 Å². The number of likely N-dealkylation sites (tertiary alicyclic amines) is 2. The van der Waals surface area contributed by atoms with E-state index in [-0.39, 0.29) is 21.6 Å². The second-order valence-corrected chi connectivity index (χ2v) is 18.6. The van der Waals surface area contributed by atoms with Crippen molar-refractivity contribution in [1.82, 2.24) is 24.3 Å².